The quantitative estimate of drug-likeness (QED) is 0.882. The fourth-order valence-corrected chi connectivity index (χ4v) is 2.22. The van der Waals surface area contributed by atoms with E-state index < -0.39 is 0 Å². The number of hydrogen-bond acceptors (Lipinski definition) is 1. The largest absolute Gasteiger partial charge is 0.349 e. The predicted octanol–water partition coefficient (Wildman–Crippen LogP) is 3.52. The van der Waals surface area contributed by atoms with Crippen LogP contribution in [-0.2, 0) is 0 Å². The van der Waals surface area contributed by atoms with Gasteiger partial charge in [-0.2, -0.15) is 0 Å². The Kier molecular flexibility index (Phi) is 3.41. The summed E-state index contributed by atoms with van der Waals surface area (Å²) in [5, 5.41) is 3.92. The van der Waals surface area contributed by atoms with Gasteiger partial charge in [-0.25, -0.2) is 0 Å². The average Bonchev–Trinajstić information content (AvgIpc) is 2.98. The van der Waals surface area contributed by atoms with Crippen LogP contribution < -0.4 is 5.32 Å². The minimum atomic E-state index is -0.108. The van der Waals surface area contributed by atoms with Crippen LogP contribution in [0.5, 0.6) is 0 Å². The molecule has 0 radical (unpaired) electrons. The highest BCUT2D eigenvalue weighted by molar-refractivity contribution is 6.35. The molecule has 0 saturated heterocycles. The molecule has 1 aromatic rings. The standard InChI is InChI=1S/C12H13Cl2NO/c1-7(8-2-3-8)15-12(16)9-4-10(13)6-11(14)5-9/h4-8H,2-3H2,1H3,(H,15,16). The molecule has 1 atom stereocenters. The first-order valence-corrected chi connectivity index (χ1v) is 6.09. The van der Waals surface area contributed by atoms with Gasteiger partial charge in [-0.3, -0.25) is 4.79 Å². The Balaban J connectivity index is 2.07. The van der Waals surface area contributed by atoms with Crippen molar-refractivity contribution in [1.29, 1.82) is 0 Å². The van der Waals surface area contributed by atoms with Crippen LogP contribution >= 0.6 is 23.2 Å². The van der Waals surface area contributed by atoms with Gasteiger partial charge in [-0.1, -0.05) is 23.2 Å². The highest BCUT2D eigenvalue weighted by Crippen LogP contribution is 2.32. The molecule has 1 unspecified atom stereocenters. The molecule has 0 heterocycles. The Morgan fingerprint density at radius 1 is 1.31 bits per heavy atom. The normalized spacial score (nSPS) is 16.9. The second-order valence-electron chi connectivity index (χ2n) is 4.26. The molecule has 1 amide bonds. The lowest BCUT2D eigenvalue weighted by molar-refractivity contribution is 0.0936. The van der Waals surface area contributed by atoms with Crippen LogP contribution in [-0.4, -0.2) is 11.9 Å². The Morgan fingerprint density at radius 2 is 1.88 bits per heavy atom. The van der Waals surface area contributed by atoms with E-state index in [0.717, 1.165) is 0 Å². The van der Waals surface area contributed by atoms with Gasteiger partial charge in [0.1, 0.15) is 0 Å². The van der Waals surface area contributed by atoms with E-state index in [1.807, 2.05) is 6.92 Å². The average molecular weight is 258 g/mol. The summed E-state index contributed by atoms with van der Waals surface area (Å²) < 4.78 is 0. The van der Waals surface area contributed by atoms with Crippen LogP contribution in [0.4, 0.5) is 0 Å². The first-order valence-electron chi connectivity index (χ1n) is 5.33. The molecule has 86 valence electrons. The molecule has 2 rings (SSSR count). The van der Waals surface area contributed by atoms with Crippen LogP contribution in [0.1, 0.15) is 30.1 Å². The van der Waals surface area contributed by atoms with Crippen molar-refractivity contribution in [3.63, 3.8) is 0 Å². The van der Waals surface area contributed by atoms with Crippen LogP contribution in [0.2, 0.25) is 10.0 Å². The number of carbonyl (C=O) groups is 1. The maximum absolute atomic E-state index is 11.9. The zero-order chi connectivity index (χ0) is 11.7. The maximum Gasteiger partial charge on any atom is 0.251 e. The summed E-state index contributed by atoms with van der Waals surface area (Å²) in [6.07, 6.45) is 2.41. The van der Waals surface area contributed by atoms with Crippen LogP contribution in [0.25, 0.3) is 0 Å². The van der Waals surface area contributed by atoms with Crippen molar-refractivity contribution >= 4 is 29.1 Å². The maximum atomic E-state index is 11.9. The van der Waals surface area contributed by atoms with Gasteiger partial charge in [0.2, 0.25) is 0 Å². The number of rotatable bonds is 3. The van der Waals surface area contributed by atoms with Crippen molar-refractivity contribution in [3.05, 3.63) is 33.8 Å². The number of carbonyl (C=O) groups excluding carboxylic acids is 1. The number of benzene rings is 1. The molecule has 1 fully saturated rings. The number of amides is 1. The fourth-order valence-electron chi connectivity index (χ4n) is 1.69. The zero-order valence-electron chi connectivity index (χ0n) is 8.97. The molecule has 16 heavy (non-hydrogen) atoms. The van der Waals surface area contributed by atoms with Crippen molar-refractivity contribution in [1.82, 2.24) is 5.32 Å². The molecule has 0 spiro atoms. The third-order valence-corrected chi connectivity index (χ3v) is 3.25. The Morgan fingerprint density at radius 3 is 2.38 bits per heavy atom. The lowest BCUT2D eigenvalue weighted by Gasteiger charge is -2.12. The predicted molar refractivity (Wildman–Crippen MR) is 66.1 cm³/mol. The van der Waals surface area contributed by atoms with Gasteiger partial charge in [-0.15, -0.1) is 0 Å². The topological polar surface area (TPSA) is 29.1 Å². The van der Waals surface area contributed by atoms with E-state index in [1.165, 1.54) is 12.8 Å². The molecule has 2 nitrogen and oxygen atoms in total. The summed E-state index contributed by atoms with van der Waals surface area (Å²) >= 11 is 11.7. The SMILES string of the molecule is CC(NC(=O)c1cc(Cl)cc(Cl)c1)C1CC1. The summed E-state index contributed by atoms with van der Waals surface area (Å²) in [7, 11) is 0. The summed E-state index contributed by atoms with van der Waals surface area (Å²) in [4.78, 5) is 11.9. The minimum Gasteiger partial charge on any atom is -0.349 e. The molecule has 1 aromatic carbocycles. The lowest BCUT2D eigenvalue weighted by atomic mass is 10.1. The fraction of sp³-hybridized carbons (Fsp3) is 0.417. The third kappa shape index (κ3) is 2.89. The minimum absolute atomic E-state index is 0.108. The van der Waals surface area contributed by atoms with Crippen LogP contribution in [0.3, 0.4) is 0 Å². The first kappa shape index (κ1) is 11.7. The molecule has 1 aliphatic carbocycles. The van der Waals surface area contributed by atoms with E-state index in [1.54, 1.807) is 18.2 Å². The summed E-state index contributed by atoms with van der Waals surface area (Å²) in [5.74, 6) is 0.530. The molecule has 1 aliphatic rings. The van der Waals surface area contributed by atoms with E-state index in [4.69, 9.17) is 23.2 Å². The molecular formula is C12H13Cl2NO. The van der Waals surface area contributed by atoms with E-state index in [-0.39, 0.29) is 11.9 Å². The second kappa shape index (κ2) is 4.64. The third-order valence-electron chi connectivity index (χ3n) is 2.81. The van der Waals surface area contributed by atoms with Crippen molar-refractivity contribution in [3.8, 4) is 0 Å². The van der Waals surface area contributed by atoms with Crippen molar-refractivity contribution in [2.45, 2.75) is 25.8 Å². The van der Waals surface area contributed by atoms with E-state index in [9.17, 15) is 4.79 Å². The van der Waals surface area contributed by atoms with Gasteiger partial charge in [0.25, 0.3) is 5.91 Å². The Labute approximate surface area is 105 Å². The van der Waals surface area contributed by atoms with Crippen LogP contribution in [0, 0.1) is 5.92 Å². The van der Waals surface area contributed by atoms with Gasteiger partial charge >= 0.3 is 0 Å². The summed E-state index contributed by atoms with van der Waals surface area (Å²) in [5.41, 5.74) is 0.519. The van der Waals surface area contributed by atoms with Gasteiger partial charge in [0.05, 0.1) is 0 Å². The number of halogens is 2. The van der Waals surface area contributed by atoms with Crippen molar-refractivity contribution in [2.24, 2.45) is 5.92 Å². The van der Waals surface area contributed by atoms with Gasteiger partial charge in [-0.05, 0) is 43.9 Å². The highest BCUT2D eigenvalue weighted by atomic mass is 35.5. The Bertz CT molecular complexity index is 395. The smallest absolute Gasteiger partial charge is 0.251 e. The van der Waals surface area contributed by atoms with Crippen molar-refractivity contribution in [2.75, 3.05) is 0 Å². The summed E-state index contributed by atoms with van der Waals surface area (Å²) in [6.45, 7) is 2.03. The highest BCUT2D eigenvalue weighted by Gasteiger charge is 2.29. The zero-order valence-corrected chi connectivity index (χ0v) is 10.5. The van der Waals surface area contributed by atoms with E-state index >= 15 is 0 Å². The lowest BCUT2D eigenvalue weighted by Crippen LogP contribution is -2.33. The first-order chi connectivity index (χ1) is 7.56. The molecule has 1 saturated carbocycles. The van der Waals surface area contributed by atoms with E-state index in [0.29, 0.717) is 21.5 Å². The number of nitrogens with one attached hydrogen (secondary N) is 1. The number of hydrogen-bond donors (Lipinski definition) is 1. The van der Waals surface area contributed by atoms with Gasteiger partial charge in [0.15, 0.2) is 0 Å². The molecule has 0 aromatic heterocycles. The molecule has 4 heteroatoms. The molecule has 1 N–H and O–H groups in total. The molecular weight excluding hydrogens is 245 g/mol. The Hall–Kier alpha value is -0.730. The molecule has 0 aliphatic heterocycles. The molecule has 0 bridgehead atoms. The second-order valence-corrected chi connectivity index (χ2v) is 5.13. The van der Waals surface area contributed by atoms with Gasteiger partial charge < -0.3 is 5.32 Å². The van der Waals surface area contributed by atoms with Gasteiger partial charge in [0, 0.05) is 21.7 Å². The summed E-state index contributed by atoms with van der Waals surface area (Å²) in [6, 6.07) is 5.10. The van der Waals surface area contributed by atoms with Crippen molar-refractivity contribution < 1.29 is 4.79 Å². The monoisotopic (exact) mass is 257 g/mol. The van der Waals surface area contributed by atoms with E-state index in [2.05, 4.69) is 5.32 Å². The van der Waals surface area contributed by atoms with Crippen LogP contribution in [0.15, 0.2) is 18.2 Å².